The van der Waals surface area contributed by atoms with Crippen molar-refractivity contribution in [1.82, 2.24) is 9.80 Å². The molecule has 3 aliphatic heterocycles. The third-order valence-electron chi connectivity index (χ3n) is 4.31. The number of piperazine rings is 1. The molecule has 112 valence electrons. The molecule has 3 heterocycles. The number of ether oxygens (including phenoxy) is 2. The Labute approximate surface area is 119 Å². The van der Waals surface area contributed by atoms with Crippen LogP contribution in [0.15, 0.2) is 0 Å². The first-order chi connectivity index (χ1) is 9.28. The van der Waals surface area contributed by atoms with Crippen molar-refractivity contribution in [1.29, 1.82) is 0 Å². The molecule has 0 N–H and O–H groups in total. The zero-order valence-corrected chi connectivity index (χ0v) is 12.5. The van der Waals surface area contributed by atoms with Crippen LogP contribution in [0.3, 0.4) is 0 Å². The van der Waals surface area contributed by atoms with Gasteiger partial charge in [0.25, 0.3) is 0 Å². The number of hydrogen-bond donors (Lipinski definition) is 0. The second-order valence-electron chi connectivity index (χ2n) is 6.92. The molecular weight excluding hydrogens is 260 g/mol. The Bertz CT molecular complexity index is 445. The SMILES string of the molecule is C[C@@H]1OC(=O)N2C[C@@H]3CC[C@H]([C@@H]12)N3C(=O)OC(C)(C)C. The van der Waals surface area contributed by atoms with Crippen LogP contribution in [0, 0.1) is 0 Å². The highest BCUT2D eigenvalue weighted by Crippen LogP contribution is 2.40. The zero-order chi connectivity index (χ0) is 14.7. The molecule has 4 atom stereocenters. The van der Waals surface area contributed by atoms with Crippen LogP contribution in [0.2, 0.25) is 0 Å². The van der Waals surface area contributed by atoms with Gasteiger partial charge in [0.15, 0.2) is 0 Å². The molecular formula is C14H22N2O4. The molecule has 2 bridgehead atoms. The van der Waals surface area contributed by atoms with E-state index in [1.807, 2.05) is 32.6 Å². The van der Waals surface area contributed by atoms with Crippen LogP contribution in [-0.4, -0.2) is 58.4 Å². The summed E-state index contributed by atoms with van der Waals surface area (Å²) in [4.78, 5) is 27.8. The lowest BCUT2D eigenvalue weighted by atomic mass is 10.00. The summed E-state index contributed by atoms with van der Waals surface area (Å²) in [6.07, 6.45) is 1.15. The van der Waals surface area contributed by atoms with E-state index in [1.165, 1.54) is 0 Å². The standard InChI is InChI=1S/C14H22N2O4/c1-8-11-10-6-5-9(7-15(11)12(17)19-8)16(10)13(18)20-14(2,3)4/h8-11H,5-7H2,1-4H3/t8-,9-,10+,11+/m0/s1. The highest BCUT2D eigenvalue weighted by atomic mass is 16.6. The first-order valence-corrected chi connectivity index (χ1v) is 7.26. The van der Waals surface area contributed by atoms with Crippen LogP contribution in [-0.2, 0) is 9.47 Å². The normalized spacial score (nSPS) is 35.9. The van der Waals surface area contributed by atoms with E-state index in [-0.39, 0.29) is 36.4 Å². The fourth-order valence-electron chi connectivity index (χ4n) is 3.64. The van der Waals surface area contributed by atoms with Gasteiger partial charge in [-0.1, -0.05) is 0 Å². The van der Waals surface area contributed by atoms with Gasteiger partial charge in [-0.05, 0) is 40.5 Å². The van der Waals surface area contributed by atoms with Crippen molar-refractivity contribution in [2.45, 2.75) is 70.4 Å². The number of nitrogens with zero attached hydrogens (tertiary/aromatic N) is 2. The summed E-state index contributed by atoms with van der Waals surface area (Å²) in [5.74, 6) is 0. The maximum absolute atomic E-state index is 12.4. The predicted molar refractivity (Wildman–Crippen MR) is 71.3 cm³/mol. The minimum Gasteiger partial charge on any atom is -0.444 e. The smallest absolute Gasteiger partial charge is 0.410 e. The Morgan fingerprint density at radius 3 is 2.70 bits per heavy atom. The number of fused-ring (bicyclic) bond motifs is 4. The van der Waals surface area contributed by atoms with Crippen molar-refractivity contribution in [2.24, 2.45) is 0 Å². The van der Waals surface area contributed by atoms with E-state index in [1.54, 1.807) is 4.90 Å². The average molecular weight is 282 g/mol. The molecule has 6 heteroatoms. The van der Waals surface area contributed by atoms with Gasteiger partial charge in [-0.15, -0.1) is 0 Å². The van der Waals surface area contributed by atoms with Crippen molar-refractivity contribution >= 4 is 12.2 Å². The van der Waals surface area contributed by atoms with E-state index in [2.05, 4.69) is 0 Å². The molecule has 2 amide bonds. The van der Waals surface area contributed by atoms with Crippen molar-refractivity contribution in [3.63, 3.8) is 0 Å². The predicted octanol–water partition coefficient (Wildman–Crippen LogP) is 1.98. The van der Waals surface area contributed by atoms with Gasteiger partial charge in [-0.25, -0.2) is 9.59 Å². The molecule has 3 fully saturated rings. The third kappa shape index (κ3) is 2.01. The monoisotopic (exact) mass is 282 g/mol. The molecule has 20 heavy (non-hydrogen) atoms. The van der Waals surface area contributed by atoms with Gasteiger partial charge in [-0.2, -0.15) is 0 Å². The highest BCUT2D eigenvalue weighted by Gasteiger charge is 2.56. The second-order valence-corrected chi connectivity index (χ2v) is 6.92. The minimum atomic E-state index is -0.499. The molecule has 3 rings (SSSR count). The van der Waals surface area contributed by atoms with Gasteiger partial charge in [0.05, 0.1) is 18.1 Å². The van der Waals surface area contributed by atoms with Crippen LogP contribution in [0.1, 0.15) is 40.5 Å². The van der Waals surface area contributed by atoms with Crippen molar-refractivity contribution < 1.29 is 19.1 Å². The maximum atomic E-state index is 12.4. The van der Waals surface area contributed by atoms with E-state index in [4.69, 9.17) is 9.47 Å². The largest absolute Gasteiger partial charge is 0.444 e. The number of carbonyl (C=O) groups excluding carboxylic acids is 2. The summed E-state index contributed by atoms with van der Waals surface area (Å²) < 4.78 is 10.8. The number of hydrogen-bond acceptors (Lipinski definition) is 4. The molecule has 0 aromatic rings. The van der Waals surface area contributed by atoms with Crippen LogP contribution in [0.4, 0.5) is 9.59 Å². The van der Waals surface area contributed by atoms with Crippen LogP contribution in [0.5, 0.6) is 0 Å². The van der Waals surface area contributed by atoms with Crippen LogP contribution in [0.25, 0.3) is 0 Å². The van der Waals surface area contributed by atoms with Gasteiger partial charge in [0, 0.05) is 6.54 Å². The minimum absolute atomic E-state index is 0.0186. The molecule has 0 radical (unpaired) electrons. The van der Waals surface area contributed by atoms with Crippen LogP contribution >= 0.6 is 0 Å². The molecule has 0 aromatic carbocycles. The lowest BCUT2D eigenvalue weighted by Crippen LogP contribution is -2.62. The number of cyclic esters (lactones) is 1. The van der Waals surface area contributed by atoms with Crippen molar-refractivity contribution in [2.75, 3.05) is 6.54 Å². The summed E-state index contributed by atoms with van der Waals surface area (Å²) >= 11 is 0. The van der Waals surface area contributed by atoms with Gasteiger partial charge < -0.3 is 9.47 Å². The molecule has 0 unspecified atom stereocenters. The van der Waals surface area contributed by atoms with E-state index in [0.29, 0.717) is 6.54 Å². The van der Waals surface area contributed by atoms with E-state index in [9.17, 15) is 9.59 Å². The van der Waals surface area contributed by atoms with Crippen molar-refractivity contribution in [3.05, 3.63) is 0 Å². The quantitative estimate of drug-likeness (QED) is 0.681. The Hall–Kier alpha value is -1.46. The number of rotatable bonds is 0. The lowest BCUT2D eigenvalue weighted by Gasteiger charge is -2.43. The van der Waals surface area contributed by atoms with Gasteiger partial charge >= 0.3 is 12.2 Å². The summed E-state index contributed by atoms with van der Waals surface area (Å²) in [5, 5.41) is 0. The van der Waals surface area contributed by atoms with Gasteiger partial charge in [0.1, 0.15) is 11.7 Å². The Kier molecular flexibility index (Phi) is 2.88. The maximum Gasteiger partial charge on any atom is 0.410 e. The second kappa shape index (κ2) is 4.27. The number of amides is 2. The first-order valence-electron chi connectivity index (χ1n) is 7.26. The molecule has 0 spiro atoms. The Balaban J connectivity index is 1.82. The molecule has 0 aromatic heterocycles. The van der Waals surface area contributed by atoms with Gasteiger partial charge in [0.2, 0.25) is 0 Å². The third-order valence-corrected chi connectivity index (χ3v) is 4.31. The molecule has 3 saturated heterocycles. The topological polar surface area (TPSA) is 59.1 Å². The summed E-state index contributed by atoms with van der Waals surface area (Å²) in [6.45, 7) is 8.06. The number of carbonyl (C=O) groups is 2. The molecule has 6 nitrogen and oxygen atoms in total. The van der Waals surface area contributed by atoms with E-state index < -0.39 is 5.60 Å². The van der Waals surface area contributed by atoms with Gasteiger partial charge in [-0.3, -0.25) is 9.80 Å². The van der Waals surface area contributed by atoms with E-state index >= 15 is 0 Å². The Morgan fingerprint density at radius 2 is 2.05 bits per heavy atom. The first kappa shape index (κ1) is 13.5. The zero-order valence-electron chi connectivity index (χ0n) is 12.5. The fourth-order valence-corrected chi connectivity index (χ4v) is 3.64. The summed E-state index contributed by atoms with van der Waals surface area (Å²) in [6, 6.07) is 0.0442. The molecule has 3 aliphatic rings. The van der Waals surface area contributed by atoms with Crippen molar-refractivity contribution in [3.8, 4) is 0 Å². The molecule has 0 aliphatic carbocycles. The Morgan fingerprint density at radius 1 is 1.35 bits per heavy atom. The average Bonchev–Trinajstić information content (AvgIpc) is 2.75. The summed E-state index contributed by atoms with van der Waals surface area (Å²) in [5.41, 5.74) is -0.499. The summed E-state index contributed by atoms with van der Waals surface area (Å²) in [7, 11) is 0. The van der Waals surface area contributed by atoms with Crippen LogP contribution < -0.4 is 0 Å². The lowest BCUT2D eigenvalue weighted by molar-refractivity contribution is -0.0113. The fraction of sp³-hybridized carbons (Fsp3) is 0.857. The van der Waals surface area contributed by atoms with E-state index in [0.717, 1.165) is 12.8 Å². The molecule has 0 saturated carbocycles. The highest BCUT2D eigenvalue weighted by molar-refractivity contribution is 5.74.